The fraction of sp³-hybridized carbons (Fsp3) is 0.588. The lowest BCUT2D eigenvalue weighted by Crippen LogP contribution is -2.25. The minimum absolute atomic E-state index is 0.0302. The fourth-order valence-corrected chi connectivity index (χ4v) is 2.32. The van der Waals surface area contributed by atoms with E-state index in [-0.39, 0.29) is 5.91 Å². The zero-order chi connectivity index (χ0) is 14.6. The van der Waals surface area contributed by atoms with Crippen molar-refractivity contribution in [2.24, 2.45) is 5.73 Å². The van der Waals surface area contributed by atoms with Crippen LogP contribution in [0.3, 0.4) is 0 Å². The Labute approximate surface area is 122 Å². The second-order valence-electron chi connectivity index (χ2n) is 5.22. The van der Waals surface area contributed by atoms with Gasteiger partial charge in [-0.1, -0.05) is 57.2 Å². The molecule has 0 saturated heterocycles. The minimum Gasteiger partial charge on any atom is -0.352 e. The summed E-state index contributed by atoms with van der Waals surface area (Å²) in [5.41, 5.74) is 7.38. The quantitative estimate of drug-likeness (QED) is 0.644. The second kappa shape index (κ2) is 10.4. The summed E-state index contributed by atoms with van der Waals surface area (Å²) in [6, 6.07) is 7.71. The molecular formula is C17H28N2O. The van der Waals surface area contributed by atoms with Crippen molar-refractivity contribution in [2.45, 2.75) is 51.9 Å². The van der Waals surface area contributed by atoms with Gasteiger partial charge >= 0.3 is 0 Å². The van der Waals surface area contributed by atoms with E-state index < -0.39 is 0 Å². The van der Waals surface area contributed by atoms with Gasteiger partial charge in [-0.05, 0) is 31.0 Å². The van der Waals surface area contributed by atoms with Gasteiger partial charge in [-0.2, -0.15) is 0 Å². The summed E-state index contributed by atoms with van der Waals surface area (Å²) < 4.78 is 0. The van der Waals surface area contributed by atoms with Crippen LogP contribution in [-0.4, -0.2) is 19.0 Å². The first-order valence-corrected chi connectivity index (χ1v) is 7.85. The topological polar surface area (TPSA) is 55.1 Å². The van der Waals surface area contributed by atoms with Crippen molar-refractivity contribution in [2.75, 3.05) is 13.1 Å². The normalized spacial score (nSPS) is 10.5. The molecule has 0 heterocycles. The summed E-state index contributed by atoms with van der Waals surface area (Å²) in [6.45, 7) is 3.56. The predicted molar refractivity (Wildman–Crippen MR) is 84.9 cm³/mol. The molecule has 0 spiro atoms. The largest absolute Gasteiger partial charge is 0.352 e. The Morgan fingerprint density at radius 3 is 2.55 bits per heavy atom. The number of carbonyl (C=O) groups excluding carboxylic acids is 1. The van der Waals surface area contributed by atoms with Crippen LogP contribution in [0, 0.1) is 0 Å². The summed E-state index contributed by atoms with van der Waals surface area (Å²) in [4.78, 5) is 12.1. The molecule has 0 saturated carbocycles. The number of benzene rings is 1. The van der Waals surface area contributed by atoms with E-state index in [1.54, 1.807) is 0 Å². The lowest BCUT2D eigenvalue weighted by molar-refractivity contribution is 0.0952. The molecule has 0 bridgehead atoms. The molecule has 0 unspecified atom stereocenters. The van der Waals surface area contributed by atoms with E-state index in [0.717, 1.165) is 30.5 Å². The first kappa shape index (κ1) is 16.7. The maximum absolute atomic E-state index is 12.1. The summed E-state index contributed by atoms with van der Waals surface area (Å²) >= 11 is 0. The number of unbranched alkanes of at least 4 members (excludes halogenated alkanes) is 5. The first-order chi connectivity index (χ1) is 9.79. The van der Waals surface area contributed by atoms with Crippen LogP contribution < -0.4 is 11.1 Å². The van der Waals surface area contributed by atoms with E-state index in [2.05, 4.69) is 12.2 Å². The number of nitrogens with two attached hydrogens (primary N) is 1. The van der Waals surface area contributed by atoms with Crippen LogP contribution in [0.1, 0.15) is 61.4 Å². The first-order valence-electron chi connectivity index (χ1n) is 7.85. The van der Waals surface area contributed by atoms with Crippen LogP contribution in [0.25, 0.3) is 0 Å². The summed E-state index contributed by atoms with van der Waals surface area (Å²) in [5.74, 6) is 0.0302. The average Bonchev–Trinajstić information content (AvgIpc) is 2.47. The number of hydrogen-bond donors (Lipinski definition) is 2. The third-order valence-electron chi connectivity index (χ3n) is 3.49. The Hall–Kier alpha value is -1.35. The Balaban J connectivity index is 2.29. The Kier molecular flexibility index (Phi) is 8.72. The van der Waals surface area contributed by atoms with Gasteiger partial charge in [0.15, 0.2) is 0 Å². The van der Waals surface area contributed by atoms with Gasteiger partial charge in [-0.15, -0.1) is 0 Å². The molecule has 0 aliphatic heterocycles. The molecule has 0 aromatic heterocycles. The van der Waals surface area contributed by atoms with E-state index in [0.29, 0.717) is 6.54 Å². The van der Waals surface area contributed by atoms with Crippen LogP contribution in [0.15, 0.2) is 24.3 Å². The molecule has 0 atom stereocenters. The van der Waals surface area contributed by atoms with Gasteiger partial charge in [0.1, 0.15) is 0 Å². The maximum atomic E-state index is 12.1. The molecule has 1 aromatic carbocycles. The maximum Gasteiger partial charge on any atom is 0.251 e. The van der Waals surface area contributed by atoms with Gasteiger partial charge in [0.05, 0.1) is 0 Å². The number of rotatable bonds is 10. The molecule has 1 aromatic rings. The van der Waals surface area contributed by atoms with Crippen molar-refractivity contribution in [1.82, 2.24) is 5.32 Å². The van der Waals surface area contributed by atoms with Crippen LogP contribution in [0.5, 0.6) is 0 Å². The molecule has 3 N–H and O–H groups in total. The Morgan fingerprint density at radius 1 is 1.10 bits per heavy atom. The molecule has 0 fully saturated rings. The zero-order valence-electron chi connectivity index (χ0n) is 12.7. The van der Waals surface area contributed by atoms with Gasteiger partial charge in [0, 0.05) is 12.1 Å². The molecule has 112 valence electrons. The molecule has 20 heavy (non-hydrogen) atoms. The second-order valence-corrected chi connectivity index (χ2v) is 5.22. The minimum atomic E-state index is 0.0302. The monoisotopic (exact) mass is 276 g/mol. The molecule has 3 nitrogen and oxygen atoms in total. The van der Waals surface area contributed by atoms with Gasteiger partial charge in [0.2, 0.25) is 0 Å². The van der Waals surface area contributed by atoms with E-state index in [9.17, 15) is 4.79 Å². The molecule has 1 amide bonds. The van der Waals surface area contributed by atoms with Crippen molar-refractivity contribution in [1.29, 1.82) is 0 Å². The molecule has 3 heteroatoms. The van der Waals surface area contributed by atoms with E-state index >= 15 is 0 Å². The lowest BCUT2D eigenvalue weighted by atomic mass is 10.0. The molecule has 0 aliphatic carbocycles. The molecular weight excluding hydrogens is 248 g/mol. The highest BCUT2D eigenvalue weighted by Crippen LogP contribution is 2.09. The van der Waals surface area contributed by atoms with E-state index in [1.165, 1.54) is 32.1 Å². The summed E-state index contributed by atoms with van der Waals surface area (Å²) in [6.07, 6.45) is 8.19. The highest BCUT2D eigenvalue weighted by molar-refractivity contribution is 5.95. The lowest BCUT2D eigenvalue weighted by Gasteiger charge is -2.09. The highest BCUT2D eigenvalue weighted by atomic mass is 16.1. The smallest absolute Gasteiger partial charge is 0.251 e. The zero-order valence-corrected chi connectivity index (χ0v) is 12.7. The standard InChI is InChI=1S/C17H28N2O/c1-2-3-4-5-6-9-14-19-17(20)16-11-8-7-10-15(16)12-13-18/h7-8,10-11H,2-6,9,12-14,18H2,1H3,(H,19,20). The van der Waals surface area contributed by atoms with Gasteiger partial charge < -0.3 is 11.1 Å². The fourth-order valence-electron chi connectivity index (χ4n) is 2.32. The van der Waals surface area contributed by atoms with Crippen molar-refractivity contribution in [3.05, 3.63) is 35.4 Å². The van der Waals surface area contributed by atoms with Crippen molar-refractivity contribution in [3.63, 3.8) is 0 Å². The average molecular weight is 276 g/mol. The molecule has 0 aliphatic rings. The third-order valence-corrected chi connectivity index (χ3v) is 3.49. The summed E-state index contributed by atoms with van der Waals surface area (Å²) in [7, 11) is 0. The van der Waals surface area contributed by atoms with Gasteiger partial charge in [-0.3, -0.25) is 4.79 Å². The number of amides is 1. The third kappa shape index (κ3) is 6.20. The van der Waals surface area contributed by atoms with Crippen molar-refractivity contribution in [3.8, 4) is 0 Å². The van der Waals surface area contributed by atoms with Crippen molar-refractivity contribution < 1.29 is 4.79 Å². The van der Waals surface area contributed by atoms with Crippen LogP contribution in [0.2, 0.25) is 0 Å². The number of hydrogen-bond acceptors (Lipinski definition) is 2. The number of nitrogens with one attached hydrogen (secondary N) is 1. The highest BCUT2D eigenvalue weighted by Gasteiger charge is 2.09. The van der Waals surface area contributed by atoms with Gasteiger partial charge in [-0.25, -0.2) is 0 Å². The number of carbonyl (C=O) groups is 1. The summed E-state index contributed by atoms with van der Waals surface area (Å²) in [5, 5.41) is 3.01. The predicted octanol–water partition coefficient (Wildman–Crippen LogP) is 3.28. The van der Waals surface area contributed by atoms with Crippen LogP contribution in [-0.2, 0) is 6.42 Å². The van der Waals surface area contributed by atoms with E-state index in [4.69, 9.17) is 5.73 Å². The Morgan fingerprint density at radius 2 is 1.80 bits per heavy atom. The van der Waals surface area contributed by atoms with E-state index in [1.807, 2.05) is 24.3 Å². The molecule has 1 rings (SSSR count). The van der Waals surface area contributed by atoms with Crippen molar-refractivity contribution >= 4 is 5.91 Å². The van der Waals surface area contributed by atoms with Crippen LogP contribution >= 0.6 is 0 Å². The Bertz CT molecular complexity index is 390. The molecule has 0 radical (unpaired) electrons. The SMILES string of the molecule is CCCCCCCCNC(=O)c1ccccc1CCN. The van der Waals surface area contributed by atoms with Crippen LogP contribution in [0.4, 0.5) is 0 Å². The van der Waals surface area contributed by atoms with Gasteiger partial charge in [0.25, 0.3) is 5.91 Å².